The lowest BCUT2D eigenvalue weighted by Crippen LogP contribution is -2.34. The van der Waals surface area contributed by atoms with E-state index in [4.69, 9.17) is 5.73 Å². The van der Waals surface area contributed by atoms with Crippen LogP contribution in [-0.2, 0) is 0 Å². The van der Waals surface area contributed by atoms with Gasteiger partial charge in [0.05, 0.1) is 6.10 Å². The van der Waals surface area contributed by atoms with Gasteiger partial charge >= 0.3 is 0 Å². The Morgan fingerprint density at radius 3 is 2.36 bits per heavy atom. The molecule has 1 aromatic carbocycles. The number of rotatable bonds is 4. The van der Waals surface area contributed by atoms with Crippen molar-refractivity contribution in [2.75, 3.05) is 0 Å². The third-order valence-corrected chi connectivity index (χ3v) is 2.81. The number of hydrogen-bond donors (Lipinski definition) is 2. The third kappa shape index (κ3) is 2.56. The minimum absolute atomic E-state index is 0.178. The summed E-state index contributed by atoms with van der Waals surface area (Å²) in [7, 11) is 0. The van der Waals surface area contributed by atoms with Crippen LogP contribution in [0.3, 0.4) is 0 Å². The third-order valence-electron chi connectivity index (χ3n) is 2.81. The highest BCUT2D eigenvalue weighted by Crippen LogP contribution is 2.21. The molecule has 0 aromatic heterocycles. The van der Waals surface area contributed by atoms with Crippen LogP contribution >= 0.6 is 0 Å². The number of nitrogens with two attached hydrogens (primary N) is 1. The van der Waals surface area contributed by atoms with Gasteiger partial charge in [-0.25, -0.2) is 0 Å². The van der Waals surface area contributed by atoms with E-state index in [2.05, 4.69) is 13.8 Å². The van der Waals surface area contributed by atoms with Crippen LogP contribution in [-0.4, -0.2) is 11.1 Å². The van der Waals surface area contributed by atoms with Crippen LogP contribution in [0, 0.1) is 5.92 Å². The molecule has 78 valence electrons. The van der Waals surface area contributed by atoms with Gasteiger partial charge in [-0.1, -0.05) is 50.6 Å². The molecule has 0 aliphatic carbocycles. The Kier molecular flexibility index (Phi) is 4.11. The number of aliphatic hydroxyl groups excluding tert-OH is 1. The van der Waals surface area contributed by atoms with Gasteiger partial charge in [0.15, 0.2) is 0 Å². The SMILES string of the molecule is CCC(C)C(N)C(O)c1ccccc1. The van der Waals surface area contributed by atoms with Crippen molar-refractivity contribution in [2.24, 2.45) is 11.7 Å². The molecule has 1 rings (SSSR count). The molecule has 2 nitrogen and oxygen atoms in total. The fourth-order valence-electron chi connectivity index (χ4n) is 1.46. The predicted octanol–water partition coefficient (Wildman–Crippen LogP) is 2.09. The molecule has 3 atom stereocenters. The van der Waals surface area contributed by atoms with E-state index in [9.17, 15) is 5.11 Å². The maximum Gasteiger partial charge on any atom is 0.0943 e. The highest BCUT2D eigenvalue weighted by atomic mass is 16.3. The first-order valence-corrected chi connectivity index (χ1v) is 5.15. The summed E-state index contributed by atoms with van der Waals surface area (Å²) in [6.45, 7) is 4.15. The predicted molar refractivity (Wildman–Crippen MR) is 58.8 cm³/mol. The second-order valence-electron chi connectivity index (χ2n) is 3.82. The van der Waals surface area contributed by atoms with Crippen LogP contribution in [0.5, 0.6) is 0 Å². The molecule has 0 aliphatic heterocycles. The van der Waals surface area contributed by atoms with Crippen molar-refractivity contribution in [3.63, 3.8) is 0 Å². The first-order valence-electron chi connectivity index (χ1n) is 5.15. The van der Waals surface area contributed by atoms with Crippen LogP contribution in [0.25, 0.3) is 0 Å². The summed E-state index contributed by atoms with van der Waals surface area (Å²) in [4.78, 5) is 0. The highest BCUT2D eigenvalue weighted by molar-refractivity contribution is 5.18. The van der Waals surface area contributed by atoms with E-state index in [1.165, 1.54) is 0 Å². The summed E-state index contributed by atoms with van der Waals surface area (Å²) in [5, 5.41) is 9.97. The van der Waals surface area contributed by atoms with E-state index in [0.717, 1.165) is 12.0 Å². The molecule has 0 saturated carbocycles. The van der Waals surface area contributed by atoms with E-state index < -0.39 is 6.10 Å². The van der Waals surface area contributed by atoms with Gasteiger partial charge < -0.3 is 10.8 Å². The molecule has 2 heteroatoms. The Morgan fingerprint density at radius 1 is 1.29 bits per heavy atom. The molecular weight excluding hydrogens is 174 g/mol. The zero-order valence-electron chi connectivity index (χ0n) is 8.85. The minimum Gasteiger partial charge on any atom is -0.387 e. The van der Waals surface area contributed by atoms with E-state index in [-0.39, 0.29) is 6.04 Å². The Morgan fingerprint density at radius 2 is 1.86 bits per heavy atom. The second kappa shape index (κ2) is 5.13. The lowest BCUT2D eigenvalue weighted by Gasteiger charge is -2.24. The Bertz CT molecular complexity index is 260. The zero-order valence-corrected chi connectivity index (χ0v) is 8.85. The summed E-state index contributed by atoms with van der Waals surface area (Å²) >= 11 is 0. The highest BCUT2D eigenvalue weighted by Gasteiger charge is 2.21. The summed E-state index contributed by atoms with van der Waals surface area (Å²) in [6, 6.07) is 9.41. The lowest BCUT2D eigenvalue weighted by atomic mass is 9.91. The summed E-state index contributed by atoms with van der Waals surface area (Å²) < 4.78 is 0. The van der Waals surface area contributed by atoms with Gasteiger partial charge in [0.1, 0.15) is 0 Å². The van der Waals surface area contributed by atoms with Crippen LogP contribution in [0.2, 0.25) is 0 Å². The standard InChI is InChI=1S/C12H19NO/c1-3-9(2)11(13)12(14)10-7-5-4-6-8-10/h4-9,11-12,14H,3,13H2,1-2H3. The summed E-state index contributed by atoms with van der Waals surface area (Å²) in [6.07, 6.45) is 0.441. The van der Waals surface area contributed by atoms with Crippen molar-refractivity contribution in [2.45, 2.75) is 32.4 Å². The Hall–Kier alpha value is -0.860. The molecular formula is C12H19NO. The summed E-state index contributed by atoms with van der Waals surface area (Å²) in [5.74, 6) is 0.338. The van der Waals surface area contributed by atoms with E-state index >= 15 is 0 Å². The monoisotopic (exact) mass is 193 g/mol. The molecule has 3 N–H and O–H groups in total. The number of benzene rings is 1. The van der Waals surface area contributed by atoms with Gasteiger partial charge in [0.25, 0.3) is 0 Å². The van der Waals surface area contributed by atoms with Crippen molar-refractivity contribution < 1.29 is 5.11 Å². The second-order valence-corrected chi connectivity index (χ2v) is 3.82. The molecule has 14 heavy (non-hydrogen) atoms. The van der Waals surface area contributed by atoms with Crippen molar-refractivity contribution in [1.82, 2.24) is 0 Å². The van der Waals surface area contributed by atoms with Gasteiger partial charge in [-0.15, -0.1) is 0 Å². The normalized spacial score (nSPS) is 17.4. The zero-order chi connectivity index (χ0) is 10.6. The molecule has 0 amide bonds. The smallest absolute Gasteiger partial charge is 0.0943 e. The maximum atomic E-state index is 9.97. The van der Waals surface area contributed by atoms with Crippen molar-refractivity contribution >= 4 is 0 Å². The molecule has 0 bridgehead atoms. The average molecular weight is 193 g/mol. The van der Waals surface area contributed by atoms with Crippen molar-refractivity contribution in [3.05, 3.63) is 35.9 Å². The molecule has 0 saturated heterocycles. The Labute approximate surface area is 85.8 Å². The maximum absolute atomic E-state index is 9.97. The van der Waals surface area contributed by atoms with E-state index in [1.807, 2.05) is 30.3 Å². The largest absolute Gasteiger partial charge is 0.387 e. The fraction of sp³-hybridized carbons (Fsp3) is 0.500. The van der Waals surface area contributed by atoms with Crippen LogP contribution in [0.4, 0.5) is 0 Å². The number of hydrogen-bond acceptors (Lipinski definition) is 2. The Balaban J connectivity index is 2.70. The van der Waals surface area contributed by atoms with Crippen LogP contribution in [0.1, 0.15) is 31.9 Å². The van der Waals surface area contributed by atoms with E-state index in [1.54, 1.807) is 0 Å². The summed E-state index contributed by atoms with van der Waals surface area (Å²) in [5.41, 5.74) is 6.86. The first kappa shape index (κ1) is 11.2. The molecule has 0 spiro atoms. The molecule has 3 unspecified atom stereocenters. The molecule has 0 aliphatic rings. The lowest BCUT2D eigenvalue weighted by molar-refractivity contribution is 0.120. The topological polar surface area (TPSA) is 46.2 Å². The average Bonchev–Trinajstić information content (AvgIpc) is 2.27. The van der Waals surface area contributed by atoms with Crippen molar-refractivity contribution in [3.8, 4) is 0 Å². The van der Waals surface area contributed by atoms with Crippen LogP contribution < -0.4 is 5.73 Å². The molecule has 0 radical (unpaired) electrons. The van der Waals surface area contributed by atoms with Gasteiger partial charge in [0, 0.05) is 6.04 Å². The van der Waals surface area contributed by atoms with E-state index in [0.29, 0.717) is 5.92 Å². The van der Waals surface area contributed by atoms with Gasteiger partial charge in [-0.05, 0) is 11.5 Å². The molecule has 0 fully saturated rings. The quantitative estimate of drug-likeness (QED) is 0.769. The number of aliphatic hydroxyl groups is 1. The minimum atomic E-state index is -0.550. The van der Waals surface area contributed by atoms with Gasteiger partial charge in [-0.3, -0.25) is 0 Å². The fourth-order valence-corrected chi connectivity index (χ4v) is 1.46. The van der Waals surface area contributed by atoms with Crippen molar-refractivity contribution in [1.29, 1.82) is 0 Å². The molecule has 1 aromatic rings. The van der Waals surface area contributed by atoms with Gasteiger partial charge in [-0.2, -0.15) is 0 Å². The van der Waals surface area contributed by atoms with Gasteiger partial charge in [0.2, 0.25) is 0 Å². The van der Waals surface area contributed by atoms with Crippen LogP contribution in [0.15, 0.2) is 30.3 Å². The first-order chi connectivity index (χ1) is 6.66. The molecule has 0 heterocycles.